The van der Waals surface area contributed by atoms with Gasteiger partial charge in [0.1, 0.15) is 0 Å². The second-order valence-electron chi connectivity index (χ2n) is 5.90. The molecule has 0 radical (unpaired) electrons. The normalized spacial score (nSPS) is 11.0. The molecule has 3 N–H and O–H groups in total. The van der Waals surface area contributed by atoms with E-state index in [0.29, 0.717) is 0 Å². The molecule has 1 aromatic heterocycles. The Morgan fingerprint density at radius 1 is 1.12 bits per heavy atom. The van der Waals surface area contributed by atoms with Gasteiger partial charge in [0.2, 0.25) is 0 Å². The molecule has 0 aliphatic rings. The lowest BCUT2D eigenvalue weighted by molar-refractivity contribution is 0.735. The summed E-state index contributed by atoms with van der Waals surface area (Å²) in [5, 5.41) is 13.8. The lowest BCUT2D eigenvalue weighted by Gasteiger charge is -2.11. The van der Waals surface area contributed by atoms with Crippen molar-refractivity contribution in [2.24, 2.45) is 4.99 Å². The van der Waals surface area contributed by atoms with E-state index in [9.17, 15) is 0 Å². The van der Waals surface area contributed by atoms with Crippen molar-refractivity contribution < 1.29 is 0 Å². The van der Waals surface area contributed by atoms with Gasteiger partial charge in [-0.2, -0.15) is 5.10 Å². The van der Waals surface area contributed by atoms with Gasteiger partial charge in [0.25, 0.3) is 0 Å². The topological polar surface area (TPSA) is 65.1 Å². The number of nitrogens with one attached hydrogen (secondary N) is 3. The molecule has 2 aromatic rings. The quantitative estimate of drug-likeness (QED) is 0.235. The molecule has 5 nitrogen and oxygen atoms in total. The second kappa shape index (κ2) is 12.7. The van der Waals surface area contributed by atoms with Gasteiger partial charge in [0.15, 0.2) is 5.96 Å². The first-order chi connectivity index (χ1) is 11.8. The van der Waals surface area contributed by atoms with Crippen molar-refractivity contribution in [1.29, 1.82) is 0 Å². The number of guanidine groups is 1. The monoisotopic (exact) mass is 455 g/mol. The van der Waals surface area contributed by atoms with Gasteiger partial charge in [0.05, 0.1) is 6.20 Å². The van der Waals surface area contributed by atoms with E-state index >= 15 is 0 Å². The Morgan fingerprint density at radius 3 is 2.60 bits per heavy atom. The molecule has 0 amide bonds. The molecule has 0 bridgehead atoms. The van der Waals surface area contributed by atoms with Crippen LogP contribution in [0.15, 0.2) is 41.5 Å². The molecular weight excluding hydrogens is 425 g/mol. The highest BCUT2D eigenvalue weighted by Gasteiger charge is 2.01. The lowest BCUT2D eigenvalue weighted by atomic mass is 10.1. The second-order valence-corrected chi connectivity index (χ2v) is 5.90. The van der Waals surface area contributed by atoms with Crippen molar-refractivity contribution in [2.45, 2.75) is 39.5 Å². The van der Waals surface area contributed by atoms with Gasteiger partial charge in [-0.3, -0.25) is 10.1 Å². The summed E-state index contributed by atoms with van der Waals surface area (Å²) >= 11 is 0. The molecule has 0 unspecified atom stereocenters. The Morgan fingerprint density at radius 2 is 1.92 bits per heavy atom. The van der Waals surface area contributed by atoms with Crippen molar-refractivity contribution in [3.05, 3.63) is 53.3 Å². The molecule has 1 aromatic carbocycles. The Balaban J connectivity index is 0.00000312. The smallest absolute Gasteiger partial charge is 0.191 e. The summed E-state index contributed by atoms with van der Waals surface area (Å²) in [6, 6.07) is 10.6. The third-order valence-corrected chi connectivity index (χ3v) is 3.93. The molecule has 1 heterocycles. The lowest BCUT2D eigenvalue weighted by Crippen LogP contribution is -2.38. The Labute approximate surface area is 168 Å². The van der Waals surface area contributed by atoms with Crippen LogP contribution in [-0.4, -0.2) is 35.8 Å². The number of benzene rings is 1. The van der Waals surface area contributed by atoms with Crippen LogP contribution in [0, 0.1) is 6.92 Å². The van der Waals surface area contributed by atoms with Crippen LogP contribution in [0.3, 0.4) is 0 Å². The summed E-state index contributed by atoms with van der Waals surface area (Å²) in [5.74, 6) is 0.912. The Bertz CT molecular complexity index is 609. The highest BCUT2D eigenvalue weighted by molar-refractivity contribution is 14.0. The van der Waals surface area contributed by atoms with Gasteiger partial charge in [-0.15, -0.1) is 24.0 Å². The maximum Gasteiger partial charge on any atom is 0.191 e. The molecule has 0 saturated carbocycles. The van der Waals surface area contributed by atoms with E-state index in [1.54, 1.807) is 0 Å². The predicted molar refractivity (Wildman–Crippen MR) is 116 cm³/mol. The van der Waals surface area contributed by atoms with E-state index in [0.717, 1.165) is 57.0 Å². The van der Waals surface area contributed by atoms with E-state index < -0.39 is 0 Å². The fourth-order valence-electron chi connectivity index (χ4n) is 2.57. The minimum atomic E-state index is 0. The fraction of sp³-hybridized carbons (Fsp3) is 0.474. The third-order valence-electron chi connectivity index (χ3n) is 3.93. The molecule has 0 aliphatic carbocycles. The van der Waals surface area contributed by atoms with Crippen LogP contribution in [0.5, 0.6) is 0 Å². The maximum absolute atomic E-state index is 4.66. The zero-order valence-corrected chi connectivity index (χ0v) is 17.5. The number of aromatic nitrogens is 2. The molecule has 138 valence electrons. The summed E-state index contributed by atoms with van der Waals surface area (Å²) < 4.78 is 0. The average Bonchev–Trinajstić information content (AvgIpc) is 3.01. The first-order valence-electron chi connectivity index (χ1n) is 8.84. The average molecular weight is 455 g/mol. The van der Waals surface area contributed by atoms with Crippen LogP contribution in [-0.2, 0) is 12.8 Å². The van der Waals surface area contributed by atoms with Crippen molar-refractivity contribution in [2.75, 3.05) is 19.6 Å². The summed E-state index contributed by atoms with van der Waals surface area (Å²) in [6.45, 7) is 6.79. The number of aliphatic imine (C=N–C) groups is 1. The number of rotatable bonds is 9. The summed E-state index contributed by atoms with van der Waals surface area (Å²) in [5.41, 5.74) is 3.83. The van der Waals surface area contributed by atoms with Gasteiger partial charge in [-0.05, 0) is 50.7 Å². The van der Waals surface area contributed by atoms with Crippen LogP contribution in [0.1, 0.15) is 36.6 Å². The van der Waals surface area contributed by atoms with Gasteiger partial charge in [-0.1, -0.05) is 30.3 Å². The molecule has 0 aliphatic heterocycles. The van der Waals surface area contributed by atoms with E-state index in [-0.39, 0.29) is 24.0 Å². The van der Waals surface area contributed by atoms with Crippen molar-refractivity contribution >= 4 is 29.9 Å². The summed E-state index contributed by atoms with van der Waals surface area (Å²) in [6.07, 6.45) is 6.15. The van der Waals surface area contributed by atoms with E-state index in [2.05, 4.69) is 70.0 Å². The van der Waals surface area contributed by atoms with E-state index in [1.165, 1.54) is 11.1 Å². The predicted octanol–water partition coefficient (Wildman–Crippen LogP) is 3.46. The van der Waals surface area contributed by atoms with Crippen molar-refractivity contribution in [3.63, 3.8) is 0 Å². The number of nitrogens with zero attached hydrogens (tertiary/aromatic N) is 2. The minimum Gasteiger partial charge on any atom is -0.357 e. The first-order valence-corrected chi connectivity index (χ1v) is 8.84. The maximum atomic E-state index is 4.66. The summed E-state index contributed by atoms with van der Waals surface area (Å²) in [7, 11) is 0. The van der Waals surface area contributed by atoms with Gasteiger partial charge in [-0.25, -0.2) is 0 Å². The largest absolute Gasteiger partial charge is 0.357 e. The standard InChI is InChI=1S/C19H29N5.HI/c1-3-20-19(21-13-7-11-17-9-5-4-6-10-17)22-14-8-12-18-15-23-24-16(18)2;/h4-6,9-10,15H,3,7-8,11-14H2,1-2H3,(H,23,24)(H2,20,21,22);1H. The molecular formula is C19H30IN5. The number of hydrogen-bond acceptors (Lipinski definition) is 2. The molecule has 0 fully saturated rings. The highest BCUT2D eigenvalue weighted by atomic mass is 127. The third kappa shape index (κ3) is 8.38. The van der Waals surface area contributed by atoms with Crippen molar-refractivity contribution in [1.82, 2.24) is 20.8 Å². The molecule has 0 atom stereocenters. The number of aromatic amines is 1. The molecule has 0 spiro atoms. The van der Waals surface area contributed by atoms with Crippen LogP contribution in [0.25, 0.3) is 0 Å². The zero-order valence-electron chi connectivity index (χ0n) is 15.2. The highest BCUT2D eigenvalue weighted by Crippen LogP contribution is 2.05. The van der Waals surface area contributed by atoms with Crippen LogP contribution in [0.4, 0.5) is 0 Å². The van der Waals surface area contributed by atoms with Gasteiger partial charge in [0, 0.05) is 25.3 Å². The molecule has 25 heavy (non-hydrogen) atoms. The van der Waals surface area contributed by atoms with E-state index in [1.807, 2.05) is 6.20 Å². The number of halogens is 1. The zero-order chi connectivity index (χ0) is 17.0. The van der Waals surface area contributed by atoms with Gasteiger partial charge >= 0.3 is 0 Å². The molecule has 2 rings (SSSR count). The molecule has 6 heteroatoms. The number of aryl methyl sites for hydroxylation is 3. The minimum absolute atomic E-state index is 0. The first kappa shape index (κ1) is 21.5. The number of H-pyrrole nitrogens is 1. The SMILES string of the molecule is CCNC(=NCCCc1ccccc1)NCCCc1cn[nH]c1C.I. The van der Waals surface area contributed by atoms with Crippen molar-refractivity contribution in [3.8, 4) is 0 Å². The molecule has 0 saturated heterocycles. The fourth-order valence-corrected chi connectivity index (χ4v) is 2.57. The summed E-state index contributed by atoms with van der Waals surface area (Å²) in [4.78, 5) is 4.66. The van der Waals surface area contributed by atoms with E-state index in [4.69, 9.17) is 0 Å². The van der Waals surface area contributed by atoms with Crippen LogP contribution < -0.4 is 10.6 Å². The Hall–Kier alpha value is -1.57. The van der Waals surface area contributed by atoms with Crippen LogP contribution in [0.2, 0.25) is 0 Å². The Kier molecular flexibility index (Phi) is 10.9. The number of hydrogen-bond donors (Lipinski definition) is 3. The van der Waals surface area contributed by atoms with Gasteiger partial charge < -0.3 is 10.6 Å². The van der Waals surface area contributed by atoms with Crippen LogP contribution >= 0.6 is 24.0 Å².